The van der Waals surface area contributed by atoms with Crippen molar-refractivity contribution in [3.05, 3.63) is 0 Å². The zero-order valence-corrected chi connectivity index (χ0v) is 14.5. The maximum atomic E-state index is 10.4. The van der Waals surface area contributed by atoms with Crippen molar-refractivity contribution in [3.63, 3.8) is 0 Å². The van der Waals surface area contributed by atoms with Gasteiger partial charge in [-0.25, -0.2) is 0 Å². The summed E-state index contributed by atoms with van der Waals surface area (Å²) in [7, 11) is -6.64. The van der Waals surface area contributed by atoms with Crippen LogP contribution in [0.3, 0.4) is 0 Å². The first-order chi connectivity index (χ1) is 9.21. The van der Waals surface area contributed by atoms with Gasteiger partial charge in [0.15, 0.2) is 0 Å². The first-order valence-corrected chi connectivity index (χ1v) is 12.3. The van der Waals surface area contributed by atoms with E-state index in [9.17, 15) is 16.8 Å². The van der Waals surface area contributed by atoms with Crippen molar-refractivity contribution in [2.75, 3.05) is 11.5 Å². The Hall–Kier alpha value is 0.520. The van der Waals surface area contributed by atoms with Gasteiger partial charge in [-0.05, 0) is 34.4 Å². The molecule has 0 atom stereocenters. The van der Waals surface area contributed by atoms with Crippen molar-refractivity contribution in [2.24, 2.45) is 0 Å². The second kappa shape index (κ2) is 11.1. The molecule has 20 heavy (non-hydrogen) atoms. The van der Waals surface area contributed by atoms with Crippen LogP contribution >= 0.6 is 21.6 Å². The summed E-state index contributed by atoms with van der Waals surface area (Å²) in [6.45, 7) is 0. The molecule has 0 aromatic rings. The summed E-state index contributed by atoms with van der Waals surface area (Å²) >= 11 is 0. The Labute approximate surface area is 128 Å². The number of hydrogen-bond donors (Lipinski definition) is 2. The molecule has 0 aromatic heterocycles. The maximum absolute atomic E-state index is 10.4. The molecule has 0 radical (unpaired) electrons. The van der Waals surface area contributed by atoms with E-state index in [-0.39, 0.29) is 0 Å². The molecule has 0 bridgehead atoms. The molecular weight excluding hydrogens is 344 g/mol. The van der Waals surface area contributed by atoms with Gasteiger partial charge in [0.25, 0.3) is 0 Å². The van der Waals surface area contributed by atoms with Crippen LogP contribution in [0, 0.1) is 0 Å². The minimum Gasteiger partial charge on any atom is -0.277 e. The molecule has 122 valence electrons. The van der Waals surface area contributed by atoms with Gasteiger partial charge in [-0.3, -0.25) is 9.11 Å². The van der Waals surface area contributed by atoms with Gasteiger partial charge in [-0.15, -0.1) is 0 Å². The molecule has 0 heterocycles. The number of hydrogen-bond acceptors (Lipinski definition) is 6. The third-order valence-electron chi connectivity index (χ3n) is 2.50. The maximum Gasteiger partial charge on any atom is 0.319 e. The molecule has 0 saturated heterocycles. The van der Waals surface area contributed by atoms with Crippen molar-refractivity contribution < 1.29 is 25.9 Å². The Kier molecular flexibility index (Phi) is 11.4. The predicted octanol–water partition coefficient (Wildman–Crippen LogP) is 3.18. The zero-order valence-electron chi connectivity index (χ0n) is 11.2. The largest absolute Gasteiger partial charge is 0.319 e. The van der Waals surface area contributed by atoms with E-state index < -0.39 is 18.3 Å². The van der Waals surface area contributed by atoms with Crippen LogP contribution in [0.1, 0.15) is 51.4 Å². The Balaban J connectivity index is 3.18. The first-order valence-electron chi connectivity index (χ1n) is 6.44. The Morgan fingerprint density at radius 2 is 0.800 bits per heavy atom. The molecule has 0 unspecified atom stereocenters. The average molecular weight is 367 g/mol. The highest BCUT2D eigenvalue weighted by molar-refractivity contribution is 8.70. The van der Waals surface area contributed by atoms with Gasteiger partial charge < -0.3 is 0 Å². The lowest BCUT2D eigenvalue weighted by molar-refractivity contribution is 0.500. The van der Waals surface area contributed by atoms with Crippen LogP contribution in [0.15, 0.2) is 0 Å². The van der Waals surface area contributed by atoms with E-state index in [1.807, 2.05) is 0 Å². The van der Waals surface area contributed by atoms with Gasteiger partial charge in [-0.1, -0.05) is 38.5 Å². The van der Waals surface area contributed by atoms with Crippen molar-refractivity contribution in [2.45, 2.75) is 51.4 Å². The van der Waals surface area contributed by atoms with Crippen LogP contribution < -0.4 is 0 Å². The Morgan fingerprint density at radius 1 is 0.550 bits per heavy atom. The molecule has 10 heteroatoms. The summed E-state index contributed by atoms with van der Waals surface area (Å²) < 4.78 is 58.7. The average Bonchev–Trinajstić information content (AvgIpc) is 2.27. The highest BCUT2D eigenvalue weighted by Crippen LogP contribution is 2.16. The second-order valence-corrected chi connectivity index (χ2v) is 11.3. The zero-order chi connectivity index (χ0) is 15.5. The number of rotatable bonds is 13. The summed E-state index contributed by atoms with van der Waals surface area (Å²) in [5.74, 6) is 0.845. The monoisotopic (exact) mass is 366 g/mol. The summed E-state index contributed by atoms with van der Waals surface area (Å²) in [6, 6.07) is 0. The molecule has 0 aliphatic rings. The van der Waals surface area contributed by atoms with E-state index >= 15 is 0 Å². The van der Waals surface area contributed by atoms with Crippen LogP contribution in [0.2, 0.25) is 0 Å². The lowest BCUT2D eigenvalue weighted by Gasteiger charge is -2.02. The third kappa shape index (κ3) is 18.5. The topological polar surface area (TPSA) is 109 Å². The molecule has 2 N–H and O–H groups in total. The second-order valence-electron chi connectivity index (χ2n) is 4.33. The molecule has 0 spiro atoms. The number of unbranched alkanes of at least 4 members (excludes halogenated alkanes) is 7. The van der Waals surface area contributed by atoms with E-state index in [2.05, 4.69) is 0 Å². The van der Waals surface area contributed by atoms with E-state index in [0.717, 1.165) is 51.4 Å². The Bertz CT molecular complexity index is 389. The lowest BCUT2D eigenvalue weighted by Crippen LogP contribution is -1.92. The highest BCUT2D eigenvalue weighted by Gasteiger charge is 2.04. The molecule has 0 aromatic carbocycles. The Morgan fingerprint density at radius 3 is 1.05 bits per heavy atom. The smallest absolute Gasteiger partial charge is 0.277 e. The van der Waals surface area contributed by atoms with Crippen LogP contribution in [0.25, 0.3) is 0 Å². The van der Waals surface area contributed by atoms with Crippen LogP contribution in [0.5, 0.6) is 0 Å². The third-order valence-corrected chi connectivity index (χ3v) is 6.80. The van der Waals surface area contributed by atoms with Crippen molar-refractivity contribution in [1.29, 1.82) is 0 Å². The van der Waals surface area contributed by atoms with Crippen LogP contribution in [-0.4, -0.2) is 37.4 Å². The lowest BCUT2D eigenvalue weighted by atomic mass is 10.1. The minimum absolute atomic E-state index is 0.422. The van der Waals surface area contributed by atoms with Gasteiger partial charge >= 0.3 is 18.3 Å². The van der Waals surface area contributed by atoms with E-state index in [1.54, 1.807) is 0 Å². The van der Waals surface area contributed by atoms with Gasteiger partial charge in [-0.2, -0.15) is 16.8 Å². The van der Waals surface area contributed by atoms with Gasteiger partial charge in [0.2, 0.25) is 0 Å². The predicted molar refractivity (Wildman–Crippen MR) is 84.9 cm³/mol. The quantitative estimate of drug-likeness (QED) is 0.291. The molecule has 6 nitrogen and oxygen atoms in total. The molecular formula is C10H22O6S4. The molecule has 0 amide bonds. The van der Waals surface area contributed by atoms with Crippen LogP contribution in [0.4, 0.5) is 0 Å². The van der Waals surface area contributed by atoms with Gasteiger partial charge in [0, 0.05) is 11.5 Å². The highest BCUT2D eigenvalue weighted by atomic mass is 33.2. The van der Waals surface area contributed by atoms with Gasteiger partial charge in [0.05, 0.1) is 0 Å². The summed E-state index contributed by atoms with van der Waals surface area (Å²) in [5.41, 5.74) is 0. The van der Waals surface area contributed by atoms with E-state index in [0.29, 0.717) is 33.1 Å². The van der Waals surface area contributed by atoms with Crippen molar-refractivity contribution in [3.8, 4) is 0 Å². The fourth-order valence-corrected chi connectivity index (χ4v) is 4.63. The molecule has 0 rings (SSSR count). The summed E-state index contributed by atoms with van der Waals surface area (Å²) in [5, 5.41) is 0. The molecule has 0 saturated carbocycles. The standard InChI is InChI=1S/C10H22O6S4/c11-19(12,13)17-9-7-5-3-1-2-4-6-8-10-18-20(14,15)16/h1-10H2,(H,11,12,13)(H,14,15,16). The minimum atomic E-state index is -3.89. The van der Waals surface area contributed by atoms with Crippen molar-refractivity contribution in [1.82, 2.24) is 0 Å². The molecule has 0 aliphatic heterocycles. The van der Waals surface area contributed by atoms with Gasteiger partial charge in [0.1, 0.15) is 0 Å². The van der Waals surface area contributed by atoms with E-state index in [4.69, 9.17) is 9.11 Å². The SMILES string of the molecule is O=S(=O)(O)SCCCCCCCCCCSS(=O)(=O)O. The fourth-order valence-electron chi connectivity index (χ4n) is 1.59. The van der Waals surface area contributed by atoms with Crippen molar-refractivity contribution >= 4 is 39.9 Å². The normalized spacial score (nSPS) is 12.7. The van der Waals surface area contributed by atoms with E-state index in [1.165, 1.54) is 0 Å². The molecule has 0 aliphatic carbocycles. The first kappa shape index (κ1) is 20.5. The molecule has 0 fully saturated rings. The summed E-state index contributed by atoms with van der Waals surface area (Å²) in [4.78, 5) is 0. The van der Waals surface area contributed by atoms with Crippen LogP contribution in [-0.2, 0) is 18.3 Å². The summed E-state index contributed by atoms with van der Waals surface area (Å²) in [6.07, 6.45) is 7.65. The fraction of sp³-hybridized carbons (Fsp3) is 1.00.